The van der Waals surface area contributed by atoms with Crippen LogP contribution >= 0.6 is 0 Å². The molecule has 2 bridgehead atoms. The lowest BCUT2D eigenvalue weighted by molar-refractivity contribution is -0.199. The highest BCUT2D eigenvalue weighted by atomic mass is 16.7. The molecule has 6 fully saturated rings. The third-order valence-corrected chi connectivity index (χ3v) is 10.4. The van der Waals surface area contributed by atoms with Gasteiger partial charge < -0.3 is 33.4 Å². The summed E-state index contributed by atoms with van der Waals surface area (Å²) in [4.78, 5) is 28.2. The quantitative estimate of drug-likeness (QED) is 0.474. The van der Waals surface area contributed by atoms with Crippen LogP contribution in [0.5, 0.6) is 0 Å². The Morgan fingerprint density at radius 1 is 1.10 bits per heavy atom. The summed E-state index contributed by atoms with van der Waals surface area (Å²) >= 11 is 0. The fourth-order valence-corrected chi connectivity index (χ4v) is 7.92. The molecule has 1 N–H and O–H groups in total. The first kappa shape index (κ1) is 25.6. The minimum absolute atomic E-state index is 0.0276. The Hall–Kier alpha value is -2.40. The number of rotatable bonds is 4. The smallest absolute Gasteiger partial charge is 0.464 e. The van der Waals surface area contributed by atoms with E-state index in [1.807, 2.05) is 24.3 Å². The molecule has 0 radical (unpaired) electrons. The van der Waals surface area contributed by atoms with Crippen LogP contribution in [0.2, 0.25) is 0 Å². The number of piperidine rings is 1. The molecule has 3 saturated carbocycles. The lowest BCUT2D eigenvalue weighted by Crippen LogP contribution is -2.65. The lowest BCUT2D eigenvalue weighted by Gasteiger charge is -2.64. The molecule has 3 aliphatic carbocycles. The van der Waals surface area contributed by atoms with Crippen LogP contribution in [0.15, 0.2) is 34.9 Å². The van der Waals surface area contributed by atoms with Crippen molar-refractivity contribution >= 4 is 29.9 Å². The van der Waals surface area contributed by atoms with Gasteiger partial charge in [0.1, 0.15) is 5.58 Å². The molecule has 39 heavy (non-hydrogen) atoms. The maximum atomic E-state index is 13.4. The third-order valence-electron chi connectivity index (χ3n) is 10.4. The Labute approximate surface area is 229 Å². The average Bonchev–Trinajstić information content (AvgIpc) is 3.65. The van der Waals surface area contributed by atoms with E-state index in [1.54, 1.807) is 11.2 Å². The van der Waals surface area contributed by atoms with E-state index < -0.39 is 36.3 Å². The summed E-state index contributed by atoms with van der Waals surface area (Å²) in [6, 6.07) is 7.82. The van der Waals surface area contributed by atoms with Gasteiger partial charge in [0.2, 0.25) is 0 Å². The van der Waals surface area contributed by atoms with Gasteiger partial charge in [-0.1, -0.05) is 32.0 Å². The number of fused-ring (bicyclic) bond motifs is 1. The first-order valence-corrected chi connectivity index (χ1v) is 14.3. The maximum Gasteiger partial charge on any atom is 0.482 e. The average molecular weight is 536 g/mol. The SMILES string of the molecule is CC1(C)[C@@H]2C[C@H]3OB([C@H](Cc4coc5ccccc45)NC(=O)C(=O)N4CCC5(CC4)OCCO5)O[C@@]3(C)[C@H]1C2. The molecule has 0 unspecified atom stereocenters. The second kappa shape index (κ2) is 9.06. The number of benzene rings is 1. The number of hydrogen-bond acceptors (Lipinski definition) is 7. The predicted octanol–water partition coefficient (Wildman–Crippen LogP) is 3.09. The summed E-state index contributed by atoms with van der Waals surface area (Å²) in [5.74, 6) is -1.34. The summed E-state index contributed by atoms with van der Waals surface area (Å²) < 4.78 is 30.6. The molecule has 2 aromatic rings. The van der Waals surface area contributed by atoms with Crippen LogP contribution < -0.4 is 5.32 Å². The highest BCUT2D eigenvalue weighted by Gasteiger charge is 2.68. The summed E-state index contributed by atoms with van der Waals surface area (Å²) in [5.41, 5.74) is 1.51. The van der Waals surface area contributed by atoms with Crippen molar-refractivity contribution in [3.63, 3.8) is 0 Å². The zero-order chi connectivity index (χ0) is 27.0. The van der Waals surface area contributed by atoms with Crippen LogP contribution in [-0.4, -0.2) is 73.6 Å². The zero-order valence-electron chi connectivity index (χ0n) is 22.9. The van der Waals surface area contributed by atoms with Gasteiger partial charge in [-0.15, -0.1) is 0 Å². The van der Waals surface area contributed by atoms with Gasteiger partial charge in [-0.05, 0) is 55.1 Å². The van der Waals surface area contributed by atoms with Crippen molar-refractivity contribution < 1.29 is 32.8 Å². The van der Waals surface area contributed by atoms with E-state index in [2.05, 4.69) is 26.1 Å². The summed E-state index contributed by atoms with van der Waals surface area (Å²) in [7, 11) is -0.662. The van der Waals surface area contributed by atoms with Crippen molar-refractivity contribution in [1.82, 2.24) is 10.2 Å². The van der Waals surface area contributed by atoms with Gasteiger partial charge >= 0.3 is 18.9 Å². The molecule has 208 valence electrons. The van der Waals surface area contributed by atoms with E-state index >= 15 is 0 Å². The Kier molecular flexibility index (Phi) is 5.94. The van der Waals surface area contributed by atoms with Crippen LogP contribution in [0.4, 0.5) is 0 Å². The van der Waals surface area contributed by atoms with Crippen molar-refractivity contribution in [2.24, 2.45) is 17.3 Å². The number of furan rings is 1. The minimum Gasteiger partial charge on any atom is -0.464 e. The molecule has 9 nitrogen and oxygen atoms in total. The highest BCUT2D eigenvalue weighted by Crippen LogP contribution is 2.65. The molecule has 3 saturated heterocycles. The van der Waals surface area contributed by atoms with E-state index in [1.165, 1.54) is 0 Å². The standard InChI is InChI=1S/C29H37BN2O7/c1-27(2)19-15-22(27)28(3)23(16-19)38-30(39-28)24(14-18-17-35-21-7-5-4-6-20(18)21)31-25(33)26(34)32-10-8-29(9-11-32)36-12-13-37-29/h4-7,17,19,22-24H,8-16H2,1-3H3,(H,31,33)/t19-,22-,23+,24-,28-/m0/s1. The molecular weight excluding hydrogens is 499 g/mol. The van der Waals surface area contributed by atoms with E-state index in [-0.39, 0.29) is 11.5 Å². The highest BCUT2D eigenvalue weighted by molar-refractivity contribution is 6.49. The Morgan fingerprint density at radius 2 is 1.85 bits per heavy atom. The number of ether oxygens (including phenoxy) is 2. The van der Waals surface area contributed by atoms with Crippen molar-refractivity contribution in [2.45, 2.75) is 76.3 Å². The van der Waals surface area contributed by atoms with E-state index in [4.69, 9.17) is 23.2 Å². The molecule has 2 amide bonds. The molecule has 5 atom stereocenters. The van der Waals surface area contributed by atoms with Crippen LogP contribution in [0.3, 0.4) is 0 Å². The molecule has 1 aromatic heterocycles. The number of nitrogens with one attached hydrogen (secondary N) is 1. The minimum atomic E-state index is -0.662. The summed E-state index contributed by atoms with van der Waals surface area (Å²) in [6.45, 7) is 8.77. The van der Waals surface area contributed by atoms with Crippen LogP contribution in [0.1, 0.15) is 52.0 Å². The summed E-state index contributed by atoms with van der Waals surface area (Å²) in [5, 5.41) is 3.99. The number of hydrogen-bond donors (Lipinski definition) is 1. The molecule has 1 aromatic carbocycles. The zero-order valence-corrected chi connectivity index (χ0v) is 22.9. The Morgan fingerprint density at radius 3 is 2.59 bits per heavy atom. The number of likely N-dealkylation sites (tertiary alicyclic amines) is 1. The fourth-order valence-electron chi connectivity index (χ4n) is 7.92. The van der Waals surface area contributed by atoms with Gasteiger partial charge in [-0.3, -0.25) is 9.59 Å². The van der Waals surface area contributed by atoms with Crippen molar-refractivity contribution in [2.75, 3.05) is 26.3 Å². The molecule has 8 rings (SSSR count). The Bertz CT molecular complexity index is 1280. The van der Waals surface area contributed by atoms with Gasteiger partial charge in [0.05, 0.1) is 37.1 Å². The van der Waals surface area contributed by atoms with Gasteiger partial charge in [-0.25, -0.2) is 0 Å². The van der Waals surface area contributed by atoms with Crippen molar-refractivity contribution in [3.8, 4) is 0 Å². The first-order chi connectivity index (χ1) is 18.7. The normalized spacial score (nSPS) is 33.2. The van der Waals surface area contributed by atoms with E-state index in [0.29, 0.717) is 57.4 Å². The van der Waals surface area contributed by atoms with Gasteiger partial charge in [0.15, 0.2) is 5.79 Å². The first-order valence-electron chi connectivity index (χ1n) is 14.3. The molecule has 1 spiro atoms. The number of amides is 2. The number of carbonyl (C=O) groups excluding carboxylic acids is 2. The molecule has 3 aliphatic heterocycles. The Balaban J connectivity index is 1.10. The van der Waals surface area contributed by atoms with E-state index in [0.717, 1.165) is 29.4 Å². The van der Waals surface area contributed by atoms with Crippen LogP contribution in [-0.2, 0) is 34.8 Å². The monoisotopic (exact) mass is 536 g/mol. The predicted molar refractivity (Wildman–Crippen MR) is 142 cm³/mol. The number of nitrogens with zero attached hydrogens (tertiary/aromatic N) is 1. The van der Waals surface area contributed by atoms with Crippen LogP contribution in [0.25, 0.3) is 11.0 Å². The van der Waals surface area contributed by atoms with Gasteiger partial charge in [0.25, 0.3) is 0 Å². The number of carbonyl (C=O) groups is 2. The largest absolute Gasteiger partial charge is 0.482 e. The maximum absolute atomic E-state index is 13.4. The third kappa shape index (κ3) is 4.05. The molecule has 4 heterocycles. The lowest BCUT2D eigenvalue weighted by atomic mass is 9.43. The molecule has 10 heteroatoms. The second-order valence-electron chi connectivity index (χ2n) is 12.8. The van der Waals surface area contributed by atoms with Crippen LogP contribution in [0, 0.1) is 17.3 Å². The van der Waals surface area contributed by atoms with Crippen molar-refractivity contribution in [3.05, 3.63) is 36.1 Å². The molecular formula is C29H37BN2O7. The van der Waals surface area contributed by atoms with Gasteiger partial charge in [-0.2, -0.15) is 0 Å². The summed E-state index contributed by atoms with van der Waals surface area (Å²) in [6.07, 6.45) is 5.33. The van der Waals surface area contributed by atoms with Gasteiger partial charge in [0, 0.05) is 31.3 Å². The topological polar surface area (TPSA) is 99.5 Å². The fraction of sp³-hybridized carbons (Fsp3) is 0.655. The molecule has 6 aliphatic rings. The van der Waals surface area contributed by atoms with E-state index in [9.17, 15) is 9.59 Å². The second-order valence-corrected chi connectivity index (χ2v) is 12.8. The van der Waals surface area contributed by atoms with Crippen molar-refractivity contribution in [1.29, 1.82) is 0 Å². The number of para-hydroxylation sites is 1.